The number of amides is 1. The molecule has 2 aliphatic heterocycles. The Kier molecular flexibility index (Phi) is 3.04. The van der Waals surface area contributed by atoms with Gasteiger partial charge in [0, 0.05) is 11.6 Å². The van der Waals surface area contributed by atoms with E-state index in [1.54, 1.807) is 24.3 Å². The first-order chi connectivity index (χ1) is 9.67. The fraction of sp³-hybridized carbons (Fsp3) is 0.286. The van der Waals surface area contributed by atoms with Crippen molar-refractivity contribution in [1.29, 1.82) is 0 Å². The topological polar surface area (TPSA) is 73.9 Å². The van der Waals surface area contributed by atoms with Gasteiger partial charge >= 0.3 is 5.97 Å². The number of methoxy groups -OCH3 is 1. The van der Waals surface area contributed by atoms with Crippen LogP contribution in [0.2, 0.25) is 0 Å². The van der Waals surface area contributed by atoms with E-state index < -0.39 is 11.8 Å². The summed E-state index contributed by atoms with van der Waals surface area (Å²) in [5, 5.41) is 2.75. The van der Waals surface area contributed by atoms with Crippen molar-refractivity contribution >= 4 is 23.6 Å². The monoisotopic (exact) mass is 275 g/mol. The Hall–Kier alpha value is -2.18. The second kappa shape index (κ2) is 4.73. The smallest absolute Gasteiger partial charge is 0.330 e. The number of para-hydroxylation sites is 1. The number of carbonyl (C=O) groups excluding carboxylic acids is 2. The van der Waals surface area contributed by atoms with Crippen molar-refractivity contribution in [1.82, 2.24) is 0 Å². The van der Waals surface area contributed by atoms with Gasteiger partial charge in [-0.05, 0) is 11.6 Å². The van der Waals surface area contributed by atoms with E-state index in [0.29, 0.717) is 30.0 Å². The van der Waals surface area contributed by atoms with Gasteiger partial charge in [0.2, 0.25) is 0 Å². The van der Waals surface area contributed by atoms with Crippen LogP contribution in [0.4, 0.5) is 5.69 Å². The fourth-order valence-corrected chi connectivity index (χ4v) is 2.37. The third kappa shape index (κ3) is 1.81. The summed E-state index contributed by atoms with van der Waals surface area (Å²) in [7, 11) is 1.30. The van der Waals surface area contributed by atoms with Crippen molar-refractivity contribution in [3.63, 3.8) is 0 Å². The summed E-state index contributed by atoms with van der Waals surface area (Å²) >= 11 is 0. The van der Waals surface area contributed by atoms with E-state index >= 15 is 0 Å². The van der Waals surface area contributed by atoms with Crippen molar-refractivity contribution in [2.24, 2.45) is 0 Å². The molecule has 0 aliphatic carbocycles. The first kappa shape index (κ1) is 12.8. The second-order valence-corrected chi connectivity index (χ2v) is 4.39. The molecular formula is C14H13NO5. The lowest BCUT2D eigenvalue weighted by Crippen LogP contribution is -2.35. The molecule has 1 amide bonds. The predicted molar refractivity (Wildman–Crippen MR) is 69.7 cm³/mol. The SMILES string of the molecule is COC(=O)C=Cc1cccc2c1NC(=O)C21OCCO1. The average molecular weight is 275 g/mol. The van der Waals surface area contributed by atoms with Crippen LogP contribution >= 0.6 is 0 Å². The molecule has 1 N–H and O–H groups in total. The maximum absolute atomic E-state index is 12.1. The van der Waals surface area contributed by atoms with Crippen LogP contribution in [0.1, 0.15) is 11.1 Å². The maximum Gasteiger partial charge on any atom is 0.330 e. The van der Waals surface area contributed by atoms with Crippen molar-refractivity contribution in [2.75, 3.05) is 25.6 Å². The summed E-state index contributed by atoms with van der Waals surface area (Å²) in [4.78, 5) is 23.3. The highest BCUT2D eigenvalue weighted by atomic mass is 16.7. The van der Waals surface area contributed by atoms with Gasteiger partial charge in [-0.2, -0.15) is 0 Å². The van der Waals surface area contributed by atoms with Crippen LogP contribution in [0.5, 0.6) is 0 Å². The predicted octanol–water partition coefficient (Wildman–Crippen LogP) is 1.02. The van der Waals surface area contributed by atoms with Crippen LogP contribution in [-0.2, 0) is 29.6 Å². The Morgan fingerprint density at radius 1 is 1.40 bits per heavy atom. The Morgan fingerprint density at radius 3 is 2.85 bits per heavy atom. The zero-order valence-corrected chi connectivity index (χ0v) is 10.8. The lowest BCUT2D eigenvalue weighted by molar-refractivity contribution is -0.178. The molecule has 20 heavy (non-hydrogen) atoms. The highest BCUT2D eigenvalue weighted by Gasteiger charge is 2.52. The third-order valence-corrected chi connectivity index (χ3v) is 3.28. The number of ether oxygens (including phenoxy) is 3. The van der Waals surface area contributed by atoms with Crippen LogP contribution in [0, 0.1) is 0 Å². The maximum atomic E-state index is 12.1. The summed E-state index contributed by atoms with van der Waals surface area (Å²) in [6.45, 7) is 0.740. The summed E-state index contributed by atoms with van der Waals surface area (Å²) in [6.07, 6.45) is 2.88. The molecule has 1 fully saturated rings. The van der Waals surface area contributed by atoms with E-state index in [9.17, 15) is 9.59 Å². The number of hydrogen-bond acceptors (Lipinski definition) is 5. The van der Waals surface area contributed by atoms with Crippen molar-refractivity contribution < 1.29 is 23.8 Å². The van der Waals surface area contributed by atoms with Crippen LogP contribution in [0.15, 0.2) is 24.3 Å². The molecule has 6 heteroatoms. The molecule has 0 radical (unpaired) electrons. The first-order valence-corrected chi connectivity index (χ1v) is 6.16. The fourth-order valence-electron chi connectivity index (χ4n) is 2.37. The molecule has 0 saturated carbocycles. The molecule has 2 aliphatic rings. The number of rotatable bonds is 2. The largest absolute Gasteiger partial charge is 0.466 e. The Morgan fingerprint density at radius 2 is 2.15 bits per heavy atom. The van der Waals surface area contributed by atoms with Gasteiger partial charge in [-0.15, -0.1) is 0 Å². The third-order valence-electron chi connectivity index (χ3n) is 3.28. The number of benzene rings is 1. The van der Waals surface area contributed by atoms with Crippen molar-refractivity contribution in [3.8, 4) is 0 Å². The number of nitrogens with one attached hydrogen (secondary N) is 1. The number of carbonyl (C=O) groups is 2. The lowest BCUT2D eigenvalue weighted by Gasteiger charge is -2.19. The molecule has 3 rings (SSSR count). The molecule has 1 saturated heterocycles. The minimum atomic E-state index is -1.34. The molecule has 1 spiro atoms. The zero-order valence-electron chi connectivity index (χ0n) is 10.8. The zero-order chi connectivity index (χ0) is 14.2. The quantitative estimate of drug-likeness (QED) is 0.644. The molecule has 1 aromatic rings. The summed E-state index contributed by atoms with van der Waals surface area (Å²) in [5.41, 5.74) is 1.92. The number of anilines is 1. The van der Waals surface area contributed by atoms with Gasteiger partial charge < -0.3 is 19.5 Å². The normalized spacial score (nSPS) is 19.4. The molecule has 0 aromatic heterocycles. The molecule has 6 nitrogen and oxygen atoms in total. The first-order valence-electron chi connectivity index (χ1n) is 6.16. The number of fused-ring (bicyclic) bond motifs is 2. The standard InChI is InChI=1S/C14H13NO5/c1-18-11(16)6-5-9-3-2-4-10-12(9)15-13(17)14(10)19-7-8-20-14/h2-6H,7-8H2,1H3,(H,15,17). The van der Waals surface area contributed by atoms with E-state index in [-0.39, 0.29) is 5.91 Å². The number of hydrogen-bond donors (Lipinski definition) is 1. The summed E-state index contributed by atoms with van der Waals surface area (Å²) < 4.78 is 15.5. The van der Waals surface area contributed by atoms with Crippen molar-refractivity contribution in [2.45, 2.75) is 5.79 Å². The van der Waals surface area contributed by atoms with Gasteiger partial charge in [-0.25, -0.2) is 4.79 Å². The molecule has 0 atom stereocenters. The van der Waals surface area contributed by atoms with Gasteiger partial charge in [0.05, 0.1) is 26.0 Å². The lowest BCUT2D eigenvalue weighted by atomic mass is 10.0. The average Bonchev–Trinajstić information content (AvgIpc) is 3.05. The molecule has 2 heterocycles. The van der Waals surface area contributed by atoms with Gasteiger partial charge in [0.25, 0.3) is 11.7 Å². The van der Waals surface area contributed by atoms with E-state index in [1.807, 2.05) is 0 Å². The Bertz CT molecular complexity index is 602. The van der Waals surface area contributed by atoms with Gasteiger partial charge in [-0.3, -0.25) is 4.79 Å². The minimum Gasteiger partial charge on any atom is -0.466 e. The van der Waals surface area contributed by atoms with E-state index in [0.717, 1.165) is 0 Å². The molecule has 0 bridgehead atoms. The van der Waals surface area contributed by atoms with Crippen LogP contribution < -0.4 is 5.32 Å². The van der Waals surface area contributed by atoms with E-state index in [1.165, 1.54) is 13.2 Å². The minimum absolute atomic E-state index is 0.344. The summed E-state index contributed by atoms with van der Waals surface area (Å²) in [6, 6.07) is 5.34. The van der Waals surface area contributed by atoms with Crippen LogP contribution in [0.25, 0.3) is 6.08 Å². The second-order valence-electron chi connectivity index (χ2n) is 4.39. The van der Waals surface area contributed by atoms with Gasteiger partial charge in [-0.1, -0.05) is 18.2 Å². The highest BCUT2D eigenvalue weighted by Crippen LogP contribution is 2.43. The Balaban J connectivity index is 2.02. The van der Waals surface area contributed by atoms with Crippen molar-refractivity contribution in [3.05, 3.63) is 35.4 Å². The van der Waals surface area contributed by atoms with E-state index in [2.05, 4.69) is 10.1 Å². The number of esters is 1. The highest BCUT2D eigenvalue weighted by molar-refractivity contribution is 6.06. The molecule has 1 aromatic carbocycles. The molecular weight excluding hydrogens is 262 g/mol. The van der Waals surface area contributed by atoms with E-state index in [4.69, 9.17) is 9.47 Å². The molecule has 104 valence electrons. The van der Waals surface area contributed by atoms with Gasteiger partial charge in [0.15, 0.2) is 0 Å². The van der Waals surface area contributed by atoms with Crippen LogP contribution in [-0.4, -0.2) is 32.2 Å². The Labute approximate surface area is 115 Å². The summed E-state index contributed by atoms with van der Waals surface area (Å²) in [5.74, 6) is -2.15. The van der Waals surface area contributed by atoms with Crippen LogP contribution in [0.3, 0.4) is 0 Å². The van der Waals surface area contributed by atoms with Gasteiger partial charge in [0.1, 0.15) is 0 Å². The molecule has 0 unspecified atom stereocenters.